The Hall–Kier alpha value is -1.56. The molecule has 0 saturated carbocycles. The Bertz CT molecular complexity index is 579. The van der Waals surface area contributed by atoms with E-state index in [4.69, 9.17) is 0 Å². The molecular formula is C16H14. The van der Waals surface area contributed by atoms with Crippen molar-refractivity contribution >= 4 is 0 Å². The Morgan fingerprint density at radius 1 is 0.750 bits per heavy atom. The molecule has 2 aromatic rings. The summed E-state index contributed by atoms with van der Waals surface area (Å²) in [6.07, 6.45) is 5.05. The Morgan fingerprint density at radius 2 is 1.62 bits per heavy atom. The van der Waals surface area contributed by atoms with Crippen molar-refractivity contribution in [3.8, 4) is 11.1 Å². The first kappa shape index (κ1) is 8.58. The van der Waals surface area contributed by atoms with E-state index in [-0.39, 0.29) is 0 Å². The maximum atomic E-state index is 2.35. The monoisotopic (exact) mass is 206 g/mol. The van der Waals surface area contributed by atoms with Gasteiger partial charge in [-0.1, -0.05) is 36.4 Å². The first-order valence-corrected chi connectivity index (χ1v) is 6.15. The first-order chi connectivity index (χ1) is 7.93. The van der Waals surface area contributed by atoms with Gasteiger partial charge in [0.1, 0.15) is 0 Å². The van der Waals surface area contributed by atoms with Crippen LogP contribution in [0.1, 0.15) is 28.7 Å². The molecule has 0 heteroatoms. The largest absolute Gasteiger partial charge is 0.0619 e. The summed E-state index contributed by atoms with van der Waals surface area (Å²) < 4.78 is 0. The minimum Gasteiger partial charge on any atom is -0.0619 e. The summed E-state index contributed by atoms with van der Waals surface area (Å²) in [5, 5.41) is 0. The van der Waals surface area contributed by atoms with Gasteiger partial charge in [0, 0.05) is 0 Å². The van der Waals surface area contributed by atoms with Crippen LogP contribution in [-0.2, 0) is 19.3 Å². The lowest BCUT2D eigenvalue weighted by Gasteiger charge is -2.08. The Kier molecular flexibility index (Phi) is 1.59. The minimum absolute atomic E-state index is 1.14. The van der Waals surface area contributed by atoms with E-state index < -0.39 is 0 Å². The van der Waals surface area contributed by atoms with Crippen LogP contribution in [0.15, 0.2) is 36.4 Å². The molecule has 0 radical (unpaired) electrons. The summed E-state index contributed by atoms with van der Waals surface area (Å²) in [5.74, 6) is 0. The van der Waals surface area contributed by atoms with Crippen molar-refractivity contribution in [2.24, 2.45) is 0 Å². The number of benzene rings is 2. The van der Waals surface area contributed by atoms with Crippen LogP contribution in [0.5, 0.6) is 0 Å². The average molecular weight is 206 g/mol. The third-order valence-electron chi connectivity index (χ3n) is 4.04. The van der Waals surface area contributed by atoms with Crippen LogP contribution in [0.25, 0.3) is 11.1 Å². The molecule has 0 aliphatic heterocycles. The van der Waals surface area contributed by atoms with E-state index in [1.54, 1.807) is 22.3 Å². The fraction of sp³-hybridized carbons (Fsp3) is 0.250. The predicted molar refractivity (Wildman–Crippen MR) is 66.7 cm³/mol. The molecule has 16 heavy (non-hydrogen) atoms. The number of hydrogen-bond donors (Lipinski definition) is 0. The summed E-state index contributed by atoms with van der Waals surface area (Å²) in [6, 6.07) is 13.6. The summed E-state index contributed by atoms with van der Waals surface area (Å²) in [5.41, 5.74) is 9.36. The summed E-state index contributed by atoms with van der Waals surface area (Å²) in [7, 11) is 0. The van der Waals surface area contributed by atoms with Crippen LogP contribution >= 0.6 is 0 Å². The van der Waals surface area contributed by atoms with E-state index in [1.807, 2.05) is 0 Å². The molecule has 2 aromatic carbocycles. The molecule has 4 rings (SSSR count). The highest BCUT2D eigenvalue weighted by molar-refractivity contribution is 5.80. The predicted octanol–water partition coefficient (Wildman–Crippen LogP) is 3.75. The van der Waals surface area contributed by atoms with E-state index in [9.17, 15) is 0 Å². The third-order valence-corrected chi connectivity index (χ3v) is 4.04. The zero-order valence-corrected chi connectivity index (χ0v) is 9.29. The molecule has 78 valence electrons. The Morgan fingerprint density at radius 3 is 2.62 bits per heavy atom. The van der Waals surface area contributed by atoms with E-state index in [2.05, 4.69) is 36.4 Å². The fourth-order valence-electron chi connectivity index (χ4n) is 3.32. The Labute approximate surface area is 95.9 Å². The fourth-order valence-corrected chi connectivity index (χ4v) is 3.32. The Balaban J connectivity index is 2.06. The van der Waals surface area contributed by atoms with Crippen LogP contribution in [0.4, 0.5) is 0 Å². The van der Waals surface area contributed by atoms with Crippen LogP contribution in [0.3, 0.4) is 0 Å². The molecule has 0 saturated heterocycles. The molecule has 0 heterocycles. The van der Waals surface area contributed by atoms with Gasteiger partial charge < -0.3 is 0 Å². The SMILES string of the molecule is c1ccc2c(c1)Cc1ccc3c(c1-2)CCC3. The van der Waals surface area contributed by atoms with Crippen molar-refractivity contribution < 1.29 is 0 Å². The van der Waals surface area contributed by atoms with E-state index in [1.165, 1.54) is 30.4 Å². The van der Waals surface area contributed by atoms with Crippen molar-refractivity contribution in [2.45, 2.75) is 25.7 Å². The number of aryl methyl sites for hydroxylation is 1. The van der Waals surface area contributed by atoms with Crippen LogP contribution < -0.4 is 0 Å². The summed E-state index contributed by atoms with van der Waals surface area (Å²) in [4.78, 5) is 0. The van der Waals surface area contributed by atoms with Gasteiger partial charge in [-0.2, -0.15) is 0 Å². The van der Waals surface area contributed by atoms with Crippen molar-refractivity contribution in [3.63, 3.8) is 0 Å². The molecule has 0 amide bonds. The van der Waals surface area contributed by atoms with E-state index >= 15 is 0 Å². The zero-order valence-electron chi connectivity index (χ0n) is 9.29. The van der Waals surface area contributed by atoms with Gasteiger partial charge in [0.2, 0.25) is 0 Å². The second-order valence-electron chi connectivity index (χ2n) is 4.92. The lowest BCUT2D eigenvalue weighted by Crippen LogP contribution is -1.89. The number of rotatable bonds is 0. The molecular weight excluding hydrogens is 192 g/mol. The van der Waals surface area contributed by atoms with Crippen LogP contribution in [-0.4, -0.2) is 0 Å². The van der Waals surface area contributed by atoms with Crippen molar-refractivity contribution in [2.75, 3.05) is 0 Å². The quantitative estimate of drug-likeness (QED) is 0.525. The van der Waals surface area contributed by atoms with Gasteiger partial charge in [-0.25, -0.2) is 0 Å². The van der Waals surface area contributed by atoms with Gasteiger partial charge in [-0.3, -0.25) is 0 Å². The molecule has 0 atom stereocenters. The standard InChI is InChI=1S/C16H14/c1-2-6-15-12(4-1)10-13-9-8-11-5-3-7-14(11)16(13)15/h1-2,4,6,8-9H,3,5,7,10H2. The highest BCUT2D eigenvalue weighted by Gasteiger charge is 2.24. The average Bonchev–Trinajstić information content (AvgIpc) is 2.91. The van der Waals surface area contributed by atoms with Gasteiger partial charge in [0.25, 0.3) is 0 Å². The third kappa shape index (κ3) is 0.996. The van der Waals surface area contributed by atoms with Crippen molar-refractivity contribution in [1.82, 2.24) is 0 Å². The summed E-state index contributed by atoms with van der Waals surface area (Å²) in [6.45, 7) is 0. The van der Waals surface area contributed by atoms with Gasteiger partial charge in [0.05, 0.1) is 0 Å². The highest BCUT2D eigenvalue weighted by Crippen LogP contribution is 2.42. The van der Waals surface area contributed by atoms with E-state index in [0.29, 0.717) is 0 Å². The van der Waals surface area contributed by atoms with Crippen molar-refractivity contribution in [1.29, 1.82) is 0 Å². The summed E-state index contributed by atoms with van der Waals surface area (Å²) >= 11 is 0. The highest BCUT2D eigenvalue weighted by atomic mass is 14.3. The second-order valence-corrected chi connectivity index (χ2v) is 4.92. The van der Waals surface area contributed by atoms with Crippen LogP contribution in [0, 0.1) is 0 Å². The molecule has 0 unspecified atom stereocenters. The maximum Gasteiger partial charge on any atom is -0.00133 e. The molecule has 2 aliphatic rings. The number of fused-ring (bicyclic) bond motifs is 5. The van der Waals surface area contributed by atoms with Gasteiger partial charge in [-0.15, -0.1) is 0 Å². The minimum atomic E-state index is 1.14. The normalized spacial score (nSPS) is 15.8. The number of hydrogen-bond acceptors (Lipinski definition) is 0. The van der Waals surface area contributed by atoms with Gasteiger partial charge >= 0.3 is 0 Å². The van der Waals surface area contributed by atoms with Gasteiger partial charge in [0.15, 0.2) is 0 Å². The smallest absolute Gasteiger partial charge is 0.00133 e. The first-order valence-electron chi connectivity index (χ1n) is 6.15. The molecule has 0 aromatic heterocycles. The molecule has 2 aliphatic carbocycles. The molecule has 0 fully saturated rings. The van der Waals surface area contributed by atoms with Gasteiger partial charge in [-0.05, 0) is 59.1 Å². The lowest BCUT2D eigenvalue weighted by molar-refractivity contribution is 0.912. The maximum absolute atomic E-state index is 2.35. The van der Waals surface area contributed by atoms with Crippen molar-refractivity contribution in [3.05, 3.63) is 58.7 Å². The second kappa shape index (κ2) is 2.98. The topological polar surface area (TPSA) is 0 Å². The molecule has 0 nitrogen and oxygen atoms in total. The lowest BCUT2D eigenvalue weighted by atomic mass is 9.97. The molecule has 0 spiro atoms. The van der Waals surface area contributed by atoms with Crippen LogP contribution in [0.2, 0.25) is 0 Å². The van der Waals surface area contributed by atoms with E-state index in [0.717, 1.165) is 6.42 Å². The molecule has 0 bridgehead atoms. The molecule has 0 N–H and O–H groups in total. The zero-order chi connectivity index (χ0) is 10.5.